The molecule has 0 atom stereocenters. The third-order valence-electron chi connectivity index (χ3n) is 3.14. The minimum Gasteiger partial charge on any atom is -0.359 e. The Kier molecular flexibility index (Phi) is 6.00. The molecule has 0 spiro atoms. The number of aryl methyl sites for hydroxylation is 1. The molecule has 3 heteroatoms. The van der Waals surface area contributed by atoms with Crippen molar-refractivity contribution in [3.05, 3.63) is 23.4 Å². The lowest BCUT2D eigenvalue weighted by Crippen LogP contribution is -2.35. The maximum Gasteiger partial charge on any atom is 0.128 e. The average Bonchev–Trinajstić information content (AvgIpc) is 2.34. The number of nitrogens with zero attached hydrogens (tertiary/aromatic N) is 2. The van der Waals surface area contributed by atoms with Crippen LogP contribution in [-0.4, -0.2) is 24.1 Å². The van der Waals surface area contributed by atoms with Crippen LogP contribution < -0.4 is 10.2 Å². The van der Waals surface area contributed by atoms with Crippen LogP contribution in [-0.2, 0) is 13.0 Å². The van der Waals surface area contributed by atoms with Crippen LogP contribution in [0.1, 0.15) is 52.8 Å². The lowest BCUT2D eigenvalue weighted by atomic mass is 10.1. The summed E-state index contributed by atoms with van der Waals surface area (Å²) in [5.41, 5.74) is 2.63. The number of rotatable bonds is 6. The van der Waals surface area contributed by atoms with Gasteiger partial charge in [-0.1, -0.05) is 20.8 Å². The summed E-state index contributed by atoms with van der Waals surface area (Å²) in [5.74, 6) is 1.73. The van der Waals surface area contributed by atoms with Gasteiger partial charge in [0, 0.05) is 31.4 Å². The van der Waals surface area contributed by atoms with Crippen molar-refractivity contribution >= 4 is 5.82 Å². The first-order valence-corrected chi connectivity index (χ1v) is 7.67. The van der Waals surface area contributed by atoms with Crippen LogP contribution in [0.5, 0.6) is 0 Å². The molecular weight excluding hydrogens is 246 g/mol. The molecule has 0 bridgehead atoms. The van der Waals surface area contributed by atoms with E-state index < -0.39 is 0 Å². The van der Waals surface area contributed by atoms with E-state index in [2.05, 4.69) is 70.9 Å². The van der Waals surface area contributed by atoms with E-state index in [1.54, 1.807) is 0 Å². The summed E-state index contributed by atoms with van der Waals surface area (Å²) < 4.78 is 0. The molecule has 1 N–H and O–H groups in total. The normalized spacial score (nSPS) is 12.0. The Hall–Kier alpha value is -1.09. The topological polar surface area (TPSA) is 28.2 Å². The highest BCUT2D eigenvalue weighted by Gasteiger charge is 2.11. The Morgan fingerprint density at radius 3 is 2.40 bits per heavy atom. The van der Waals surface area contributed by atoms with Crippen LogP contribution in [0.4, 0.5) is 5.82 Å². The SMILES string of the molecule is CCc1cc(CNC(C)(C)C)cc(N(C)CC(C)C)n1. The van der Waals surface area contributed by atoms with Crippen molar-refractivity contribution in [2.24, 2.45) is 5.92 Å². The van der Waals surface area contributed by atoms with Gasteiger partial charge in [-0.05, 0) is 50.8 Å². The van der Waals surface area contributed by atoms with Crippen molar-refractivity contribution in [1.29, 1.82) is 0 Å². The molecule has 1 rings (SSSR count). The van der Waals surface area contributed by atoms with Crippen LogP contribution >= 0.6 is 0 Å². The second-order valence-electron chi connectivity index (χ2n) is 7.06. The van der Waals surface area contributed by atoms with Crippen molar-refractivity contribution in [1.82, 2.24) is 10.3 Å². The predicted octanol–water partition coefficient (Wildman–Crippen LogP) is 3.62. The number of aromatic nitrogens is 1. The minimum absolute atomic E-state index is 0.139. The Balaban J connectivity index is 2.90. The van der Waals surface area contributed by atoms with Gasteiger partial charge in [-0.3, -0.25) is 0 Å². The van der Waals surface area contributed by atoms with Crippen molar-refractivity contribution in [2.75, 3.05) is 18.5 Å². The van der Waals surface area contributed by atoms with Gasteiger partial charge in [-0.2, -0.15) is 0 Å². The lowest BCUT2D eigenvalue weighted by Gasteiger charge is -2.24. The van der Waals surface area contributed by atoms with Crippen LogP contribution in [0.15, 0.2) is 12.1 Å². The zero-order chi connectivity index (χ0) is 15.3. The van der Waals surface area contributed by atoms with Crippen LogP contribution in [0, 0.1) is 5.92 Å². The summed E-state index contributed by atoms with van der Waals surface area (Å²) in [6, 6.07) is 4.42. The van der Waals surface area contributed by atoms with Gasteiger partial charge in [0.2, 0.25) is 0 Å². The molecule has 0 amide bonds. The second kappa shape index (κ2) is 7.07. The third kappa shape index (κ3) is 5.91. The molecule has 0 aliphatic heterocycles. The molecule has 0 unspecified atom stereocenters. The molecule has 114 valence electrons. The largest absolute Gasteiger partial charge is 0.359 e. The second-order valence-corrected chi connectivity index (χ2v) is 7.06. The van der Waals surface area contributed by atoms with Crippen LogP contribution in [0.25, 0.3) is 0 Å². The van der Waals surface area contributed by atoms with E-state index in [1.807, 2.05) is 0 Å². The Morgan fingerprint density at radius 1 is 1.25 bits per heavy atom. The fraction of sp³-hybridized carbons (Fsp3) is 0.706. The molecule has 0 saturated heterocycles. The van der Waals surface area contributed by atoms with Crippen molar-refractivity contribution in [3.8, 4) is 0 Å². The van der Waals surface area contributed by atoms with Gasteiger partial charge in [0.25, 0.3) is 0 Å². The van der Waals surface area contributed by atoms with Gasteiger partial charge in [-0.15, -0.1) is 0 Å². The summed E-state index contributed by atoms with van der Waals surface area (Å²) in [5, 5.41) is 3.55. The summed E-state index contributed by atoms with van der Waals surface area (Å²) in [6.45, 7) is 15.1. The van der Waals surface area contributed by atoms with Gasteiger partial charge >= 0.3 is 0 Å². The maximum absolute atomic E-state index is 4.75. The molecule has 1 aromatic rings. The molecule has 1 heterocycles. The van der Waals surface area contributed by atoms with Crippen LogP contribution in [0.2, 0.25) is 0 Å². The van der Waals surface area contributed by atoms with Gasteiger partial charge < -0.3 is 10.2 Å². The minimum atomic E-state index is 0.139. The van der Waals surface area contributed by atoms with E-state index >= 15 is 0 Å². The van der Waals surface area contributed by atoms with E-state index in [9.17, 15) is 0 Å². The number of hydrogen-bond acceptors (Lipinski definition) is 3. The summed E-state index contributed by atoms with van der Waals surface area (Å²) in [6.07, 6.45) is 0.978. The van der Waals surface area contributed by atoms with Gasteiger partial charge in [-0.25, -0.2) is 4.98 Å². The van der Waals surface area contributed by atoms with E-state index in [1.165, 1.54) is 11.3 Å². The zero-order valence-electron chi connectivity index (χ0n) is 14.2. The number of hydrogen-bond donors (Lipinski definition) is 1. The zero-order valence-corrected chi connectivity index (χ0v) is 14.2. The summed E-state index contributed by atoms with van der Waals surface area (Å²) in [7, 11) is 2.13. The fourth-order valence-electron chi connectivity index (χ4n) is 2.12. The third-order valence-corrected chi connectivity index (χ3v) is 3.14. The highest BCUT2D eigenvalue weighted by atomic mass is 15.2. The smallest absolute Gasteiger partial charge is 0.128 e. The van der Waals surface area contributed by atoms with E-state index in [0.29, 0.717) is 5.92 Å². The molecule has 0 radical (unpaired) electrons. The summed E-state index contributed by atoms with van der Waals surface area (Å²) >= 11 is 0. The van der Waals surface area contributed by atoms with Crippen molar-refractivity contribution in [3.63, 3.8) is 0 Å². The fourth-order valence-corrected chi connectivity index (χ4v) is 2.12. The summed E-state index contributed by atoms with van der Waals surface area (Å²) in [4.78, 5) is 7.00. The standard InChI is InChI=1S/C17H31N3/c1-8-15-9-14(11-18-17(4,5)6)10-16(19-15)20(7)12-13(2)3/h9-10,13,18H,8,11-12H2,1-7H3. The lowest BCUT2D eigenvalue weighted by molar-refractivity contribution is 0.424. The molecule has 20 heavy (non-hydrogen) atoms. The molecule has 1 aromatic heterocycles. The van der Waals surface area contributed by atoms with E-state index in [4.69, 9.17) is 4.98 Å². The molecule has 0 fully saturated rings. The first kappa shape index (κ1) is 17.0. The highest BCUT2D eigenvalue weighted by Crippen LogP contribution is 2.16. The van der Waals surface area contributed by atoms with Crippen molar-refractivity contribution < 1.29 is 0 Å². The maximum atomic E-state index is 4.75. The van der Waals surface area contributed by atoms with Gasteiger partial charge in [0.05, 0.1) is 0 Å². The van der Waals surface area contributed by atoms with Gasteiger partial charge in [0.15, 0.2) is 0 Å². The number of nitrogens with one attached hydrogen (secondary N) is 1. The first-order chi connectivity index (χ1) is 9.21. The molecule has 0 saturated carbocycles. The molecule has 0 aliphatic rings. The number of pyridine rings is 1. The quantitative estimate of drug-likeness (QED) is 0.860. The van der Waals surface area contributed by atoms with Gasteiger partial charge in [0.1, 0.15) is 5.82 Å². The predicted molar refractivity (Wildman–Crippen MR) is 88.3 cm³/mol. The molecule has 0 aliphatic carbocycles. The monoisotopic (exact) mass is 277 g/mol. The van der Waals surface area contributed by atoms with E-state index in [0.717, 1.165) is 25.3 Å². The highest BCUT2D eigenvalue weighted by molar-refractivity contribution is 5.42. The molecule has 3 nitrogen and oxygen atoms in total. The van der Waals surface area contributed by atoms with Crippen molar-refractivity contribution in [2.45, 2.75) is 60.0 Å². The first-order valence-electron chi connectivity index (χ1n) is 7.67. The number of anilines is 1. The Morgan fingerprint density at radius 2 is 1.90 bits per heavy atom. The Bertz CT molecular complexity index is 419. The van der Waals surface area contributed by atoms with E-state index in [-0.39, 0.29) is 5.54 Å². The molecule has 0 aromatic carbocycles. The molecular formula is C17H31N3. The Labute approximate surface area is 124 Å². The van der Waals surface area contributed by atoms with Crippen LogP contribution in [0.3, 0.4) is 0 Å². The average molecular weight is 277 g/mol.